The molecule has 0 atom stereocenters. The SMILES string of the molecule is CCCCc1nn(-c2ccc(Cl)cc2)c(=O)n1Cc1ccc(-c2ccccc2S(=O)(=O)Nc2noc(C)c2C)c(COCC)c1. The summed E-state index contributed by atoms with van der Waals surface area (Å²) in [5, 5.41) is 9.12. The summed E-state index contributed by atoms with van der Waals surface area (Å²) in [6.07, 6.45) is 2.50. The van der Waals surface area contributed by atoms with E-state index in [1.807, 2.05) is 25.1 Å². The zero-order valence-corrected chi connectivity index (χ0v) is 27.3. The van der Waals surface area contributed by atoms with Gasteiger partial charge in [-0.15, -0.1) is 5.10 Å². The van der Waals surface area contributed by atoms with Gasteiger partial charge >= 0.3 is 5.69 Å². The molecular weight excluding hydrogens is 614 g/mol. The van der Waals surface area contributed by atoms with E-state index in [-0.39, 0.29) is 29.6 Å². The second kappa shape index (κ2) is 13.8. The van der Waals surface area contributed by atoms with E-state index in [0.29, 0.717) is 52.0 Å². The van der Waals surface area contributed by atoms with Crippen molar-refractivity contribution in [2.75, 3.05) is 11.3 Å². The predicted octanol–water partition coefficient (Wildman–Crippen LogP) is 6.69. The summed E-state index contributed by atoms with van der Waals surface area (Å²) in [5.74, 6) is 1.37. The molecule has 10 nitrogen and oxygen atoms in total. The lowest BCUT2D eigenvalue weighted by Crippen LogP contribution is -2.25. The van der Waals surface area contributed by atoms with Crippen LogP contribution >= 0.6 is 11.6 Å². The van der Waals surface area contributed by atoms with Crippen molar-refractivity contribution in [3.63, 3.8) is 0 Å². The fourth-order valence-corrected chi connectivity index (χ4v) is 6.41. The first-order valence-electron chi connectivity index (χ1n) is 14.8. The largest absolute Gasteiger partial charge is 0.377 e. The molecule has 0 amide bonds. The normalized spacial score (nSPS) is 11.7. The second-order valence-electron chi connectivity index (χ2n) is 10.7. The summed E-state index contributed by atoms with van der Waals surface area (Å²) < 4.78 is 43.9. The Labute approximate surface area is 267 Å². The smallest absolute Gasteiger partial charge is 0.351 e. The Bertz CT molecular complexity index is 1960. The van der Waals surface area contributed by atoms with Crippen LogP contribution in [0.25, 0.3) is 16.8 Å². The highest BCUT2D eigenvalue weighted by molar-refractivity contribution is 7.92. The molecule has 5 rings (SSSR count). The predicted molar refractivity (Wildman–Crippen MR) is 175 cm³/mol. The molecule has 0 aliphatic carbocycles. The average molecular weight is 650 g/mol. The van der Waals surface area contributed by atoms with Crippen molar-refractivity contribution in [2.45, 2.75) is 65.0 Å². The summed E-state index contributed by atoms with van der Waals surface area (Å²) in [5.41, 5.74) is 3.87. The number of unbranched alkanes of at least 4 members (excludes halogenated alkanes) is 1. The maximum absolute atomic E-state index is 13.6. The highest BCUT2D eigenvalue weighted by Crippen LogP contribution is 2.33. The van der Waals surface area contributed by atoms with Gasteiger partial charge in [-0.3, -0.25) is 9.29 Å². The number of benzene rings is 3. The zero-order chi connectivity index (χ0) is 32.1. The van der Waals surface area contributed by atoms with Gasteiger partial charge in [0.25, 0.3) is 10.0 Å². The van der Waals surface area contributed by atoms with Crippen molar-refractivity contribution in [1.29, 1.82) is 0 Å². The molecule has 0 bridgehead atoms. The van der Waals surface area contributed by atoms with Gasteiger partial charge in [0.15, 0.2) is 5.82 Å². The zero-order valence-electron chi connectivity index (χ0n) is 25.7. The Hall–Kier alpha value is -4.19. The average Bonchev–Trinajstić information content (AvgIpc) is 3.51. The molecule has 236 valence electrons. The first-order chi connectivity index (χ1) is 21.6. The molecule has 2 heterocycles. The first kappa shape index (κ1) is 32.2. The summed E-state index contributed by atoms with van der Waals surface area (Å²) in [7, 11) is -4.02. The number of hydrogen-bond acceptors (Lipinski definition) is 7. The van der Waals surface area contributed by atoms with Crippen molar-refractivity contribution >= 4 is 27.4 Å². The van der Waals surface area contributed by atoms with E-state index in [4.69, 9.17) is 20.9 Å². The lowest BCUT2D eigenvalue weighted by molar-refractivity contribution is 0.134. The van der Waals surface area contributed by atoms with Crippen LogP contribution in [0, 0.1) is 13.8 Å². The van der Waals surface area contributed by atoms with Gasteiger partial charge in [-0.25, -0.2) is 13.2 Å². The lowest BCUT2D eigenvalue weighted by atomic mass is 9.97. The number of aromatic nitrogens is 4. The number of ether oxygens (including phenoxy) is 1. The van der Waals surface area contributed by atoms with Crippen LogP contribution < -0.4 is 10.4 Å². The third-order valence-corrected chi connectivity index (χ3v) is 9.24. The van der Waals surface area contributed by atoms with Gasteiger partial charge in [0, 0.05) is 29.2 Å². The fourth-order valence-electron chi connectivity index (χ4n) is 5.01. The third kappa shape index (κ3) is 7.06. The van der Waals surface area contributed by atoms with Gasteiger partial charge in [-0.05, 0) is 74.2 Å². The summed E-state index contributed by atoms with van der Waals surface area (Å²) in [6.45, 7) is 8.48. The molecule has 0 aliphatic heterocycles. The summed E-state index contributed by atoms with van der Waals surface area (Å²) >= 11 is 6.07. The second-order valence-corrected chi connectivity index (χ2v) is 12.8. The monoisotopic (exact) mass is 649 g/mol. The van der Waals surface area contributed by atoms with E-state index in [1.165, 1.54) is 4.68 Å². The van der Waals surface area contributed by atoms with Gasteiger partial charge in [-0.2, -0.15) is 4.68 Å². The summed E-state index contributed by atoms with van der Waals surface area (Å²) in [4.78, 5) is 13.7. The fraction of sp³-hybridized carbons (Fsp3) is 0.303. The van der Waals surface area contributed by atoms with E-state index in [0.717, 1.165) is 24.0 Å². The first-order valence-corrected chi connectivity index (χ1v) is 16.7. The van der Waals surface area contributed by atoms with E-state index in [1.54, 1.807) is 66.9 Å². The summed E-state index contributed by atoms with van der Waals surface area (Å²) in [6, 6.07) is 19.5. The molecule has 0 aliphatic rings. The van der Waals surface area contributed by atoms with Crippen LogP contribution in [0.1, 0.15) is 55.0 Å². The number of sulfonamides is 1. The molecular formula is C33H36ClN5O5S. The van der Waals surface area contributed by atoms with E-state index < -0.39 is 10.0 Å². The molecule has 3 aromatic carbocycles. The highest BCUT2D eigenvalue weighted by Gasteiger charge is 2.24. The molecule has 0 saturated heterocycles. The molecule has 5 aromatic rings. The van der Waals surface area contributed by atoms with E-state index in [2.05, 4.69) is 21.9 Å². The Kier molecular flexibility index (Phi) is 9.91. The molecule has 0 saturated carbocycles. The Balaban J connectivity index is 1.54. The van der Waals surface area contributed by atoms with Gasteiger partial charge in [-0.1, -0.05) is 66.5 Å². The maximum Gasteiger partial charge on any atom is 0.351 e. The van der Waals surface area contributed by atoms with Crippen LogP contribution in [0.2, 0.25) is 5.02 Å². The van der Waals surface area contributed by atoms with E-state index in [9.17, 15) is 13.2 Å². The van der Waals surface area contributed by atoms with Gasteiger partial charge in [0.05, 0.1) is 23.7 Å². The number of aryl methyl sites for hydroxylation is 2. The minimum absolute atomic E-state index is 0.0952. The van der Waals surface area contributed by atoms with Gasteiger partial charge in [0.2, 0.25) is 0 Å². The van der Waals surface area contributed by atoms with Crippen LogP contribution in [-0.4, -0.2) is 34.5 Å². The van der Waals surface area contributed by atoms with Gasteiger partial charge < -0.3 is 9.26 Å². The lowest BCUT2D eigenvalue weighted by Gasteiger charge is -2.16. The van der Waals surface area contributed by atoms with Crippen molar-refractivity contribution in [3.05, 3.63) is 111 Å². The Morgan fingerprint density at radius 2 is 1.76 bits per heavy atom. The molecule has 2 aromatic heterocycles. The number of hydrogen-bond donors (Lipinski definition) is 1. The minimum atomic E-state index is -4.02. The topological polar surface area (TPSA) is 121 Å². The molecule has 1 N–H and O–H groups in total. The number of nitrogens with one attached hydrogen (secondary N) is 1. The quantitative estimate of drug-likeness (QED) is 0.151. The molecule has 0 fully saturated rings. The molecule has 12 heteroatoms. The van der Waals surface area contributed by atoms with Crippen LogP contribution in [0.15, 0.2) is 80.9 Å². The molecule has 0 radical (unpaired) electrons. The van der Waals surface area contributed by atoms with Gasteiger partial charge in [0.1, 0.15) is 11.6 Å². The Morgan fingerprint density at radius 3 is 2.44 bits per heavy atom. The standard InChI is InChI=1S/C33H36ClN5O5S/c1-5-7-12-31-35-39(27-16-14-26(34)15-17-27)33(40)38(31)20-24-13-18-28(25(19-24)21-43-6-2)29-10-8-9-11-30(29)45(41,42)37-32-22(3)23(4)44-36-32/h8-11,13-19H,5-7,12,20-21H2,1-4H3,(H,36,37). The van der Waals surface area contributed by atoms with E-state index >= 15 is 0 Å². The van der Waals surface area contributed by atoms with Crippen LogP contribution in [-0.2, 0) is 34.3 Å². The van der Waals surface area contributed by atoms with Crippen molar-refractivity contribution < 1.29 is 17.7 Å². The van der Waals surface area contributed by atoms with Crippen molar-refractivity contribution in [1.82, 2.24) is 19.5 Å². The minimum Gasteiger partial charge on any atom is -0.377 e. The maximum atomic E-state index is 13.6. The van der Waals surface area contributed by atoms with Crippen molar-refractivity contribution in [2.24, 2.45) is 0 Å². The molecule has 45 heavy (non-hydrogen) atoms. The third-order valence-electron chi connectivity index (χ3n) is 7.59. The Morgan fingerprint density at radius 1 is 1.00 bits per heavy atom. The van der Waals surface area contributed by atoms with Crippen molar-refractivity contribution in [3.8, 4) is 16.8 Å². The van der Waals surface area contributed by atoms with Crippen LogP contribution in [0.3, 0.4) is 0 Å². The number of rotatable bonds is 13. The number of halogens is 1. The molecule has 0 unspecified atom stereocenters. The number of nitrogens with zero attached hydrogens (tertiary/aromatic N) is 4. The van der Waals surface area contributed by atoms with Crippen LogP contribution in [0.5, 0.6) is 0 Å². The number of anilines is 1. The highest BCUT2D eigenvalue weighted by atomic mass is 35.5. The molecule has 0 spiro atoms. The van der Waals surface area contributed by atoms with Crippen LogP contribution in [0.4, 0.5) is 5.82 Å².